The van der Waals surface area contributed by atoms with Crippen LogP contribution in [0.3, 0.4) is 0 Å². The van der Waals surface area contributed by atoms with Crippen molar-refractivity contribution >= 4 is 0 Å². The summed E-state index contributed by atoms with van der Waals surface area (Å²) in [5.41, 5.74) is 5.48. The van der Waals surface area contributed by atoms with E-state index in [9.17, 15) is 0 Å². The zero-order chi connectivity index (χ0) is 13.2. The van der Waals surface area contributed by atoms with Gasteiger partial charge in [0.25, 0.3) is 0 Å². The Morgan fingerprint density at radius 2 is 1.44 bits per heavy atom. The molecule has 4 N–H and O–H groups in total. The maximum Gasteiger partial charge on any atom is 0.0706 e. The molecule has 0 radical (unpaired) electrons. The lowest BCUT2D eigenvalue weighted by atomic mass is 10.0. The van der Waals surface area contributed by atoms with E-state index in [2.05, 4.69) is 4.84 Å². The van der Waals surface area contributed by atoms with Gasteiger partial charge in [-0.2, -0.15) is 0 Å². The number of hydrogen-bond acceptors (Lipinski definition) is 4. The Hall–Kier alpha value is -0.160. The van der Waals surface area contributed by atoms with Crippen LogP contribution in [0, 0.1) is 0 Å². The summed E-state index contributed by atoms with van der Waals surface area (Å²) >= 11 is 0. The molecule has 0 saturated heterocycles. The Labute approximate surface area is 101 Å². The van der Waals surface area contributed by atoms with Gasteiger partial charge in [-0.25, -0.2) is 5.90 Å². The van der Waals surface area contributed by atoms with Crippen molar-refractivity contribution in [3.8, 4) is 0 Å². The molecule has 16 heavy (non-hydrogen) atoms. The number of rotatable bonds is 7. The van der Waals surface area contributed by atoms with Crippen molar-refractivity contribution in [2.45, 2.75) is 65.5 Å². The highest BCUT2D eigenvalue weighted by atomic mass is 16.6. The van der Waals surface area contributed by atoms with Crippen LogP contribution in [-0.2, 0) is 9.57 Å². The lowest BCUT2D eigenvalue weighted by Crippen LogP contribution is -2.35. The van der Waals surface area contributed by atoms with Crippen molar-refractivity contribution in [1.29, 1.82) is 0 Å². The third kappa shape index (κ3) is 13.8. The standard InChI is InChI=1S/C10H24N2O2.C2H6/c1-9(2,11)5-7-13-10(3,4)6-8-14-12;1-2/h5-8,11-12H2,1-4H3;1-2H3. The molecule has 0 aliphatic heterocycles. The quantitative estimate of drug-likeness (QED) is 0.663. The predicted molar refractivity (Wildman–Crippen MR) is 69.0 cm³/mol. The Morgan fingerprint density at radius 1 is 0.938 bits per heavy atom. The zero-order valence-corrected chi connectivity index (χ0v) is 11.8. The first-order valence-corrected chi connectivity index (χ1v) is 6.01. The second-order valence-electron chi connectivity index (χ2n) is 4.97. The van der Waals surface area contributed by atoms with Crippen LogP contribution < -0.4 is 11.6 Å². The monoisotopic (exact) mass is 234 g/mol. The van der Waals surface area contributed by atoms with Crippen LogP contribution in [0.2, 0.25) is 0 Å². The van der Waals surface area contributed by atoms with Crippen LogP contribution in [0.5, 0.6) is 0 Å². The van der Waals surface area contributed by atoms with Gasteiger partial charge in [-0.15, -0.1) is 0 Å². The summed E-state index contributed by atoms with van der Waals surface area (Å²) in [4.78, 5) is 4.52. The van der Waals surface area contributed by atoms with Gasteiger partial charge in [0.1, 0.15) is 0 Å². The summed E-state index contributed by atoms with van der Waals surface area (Å²) < 4.78 is 5.69. The molecule has 0 atom stereocenters. The molecule has 100 valence electrons. The van der Waals surface area contributed by atoms with E-state index >= 15 is 0 Å². The van der Waals surface area contributed by atoms with E-state index in [-0.39, 0.29) is 11.1 Å². The second kappa shape index (κ2) is 8.93. The van der Waals surface area contributed by atoms with E-state index in [1.807, 2.05) is 41.5 Å². The van der Waals surface area contributed by atoms with Gasteiger partial charge >= 0.3 is 0 Å². The van der Waals surface area contributed by atoms with Gasteiger partial charge in [0.15, 0.2) is 0 Å². The van der Waals surface area contributed by atoms with Crippen LogP contribution in [-0.4, -0.2) is 24.4 Å². The largest absolute Gasteiger partial charge is 0.375 e. The minimum atomic E-state index is -0.190. The Balaban J connectivity index is 0. The molecule has 0 unspecified atom stereocenters. The zero-order valence-electron chi connectivity index (χ0n) is 11.8. The summed E-state index contributed by atoms with van der Waals surface area (Å²) in [6.45, 7) is 13.2. The number of hydrogen-bond donors (Lipinski definition) is 2. The summed E-state index contributed by atoms with van der Waals surface area (Å²) in [6, 6.07) is 0. The van der Waals surface area contributed by atoms with Crippen molar-refractivity contribution in [3.63, 3.8) is 0 Å². The van der Waals surface area contributed by atoms with Crippen molar-refractivity contribution in [2.75, 3.05) is 13.2 Å². The molecule has 0 aliphatic rings. The average molecular weight is 234 g/mol. The number of ether oxygens (including phenoxy) is 1. The lowest BCUT2D eigenvalue weighted by Gasteiger charge is -2.27. The van der Waals surface area contributed by atoms with Crippen LogP contribution in [0.25, 0.3) is 0 Å². The van der Waals surface area contributed by atoms with Crippen molar-refractivity contribution in [2.24, 2.45) is 11.6 Å². The van der Waals surface area contributed by atoms with Crippen molar-refractivity contribution in [3.05, 3.63) is 0 Å². The first-order valence-electron chi connectivity index (χ1n) is 6.01. The molecule has 0 aromatic rings. The molecule has 0 rings (SSSR count). The van der Waals surface area contributed by atoms with E-state index in [4.69, 9.17) is 16.4 Å². The van der Waals surface area contributed by atoms with Crippen molar-refractivity contribution in [1.82, 2.24) is 0 Å². The van der Waals surface area contributed by atoms with E-state index in [1.165, 1.54) is 0 Å². The molecular formula is C12H30N2O2. The SMILES string of the molecule is CC.CC(C)(N)CCOC(C)(C)CCON. The molecule has 0 aliphatic carbocycles. The molecule has 4 heteroatoms. The van der Waals surface area contributed by atoms with Gasteiger partial charge in [-0.3, -0.25) is 0 Å². The van der Waals surface area contributed by atoms with E-state index in [0.29, 0.717) is 13.2 Å². The Morgan fingerprint density at radius 3 is 1.81 bits per heavy atom. The highest BCUT2D eigenvalue weighted by Crippen LogP contribution is 2.16. The van der Waals surface area contributed by atoms with E-state index in [0.717, 1.165) is 12.8 Å². The predicted octanol–water partition coefficient (Wildman–Crippen LogP) is 2.22. The third-order valence-electron chi connectivity index (χ3n) is 2.06. The lowest BCUT2D eigenvalue weighted by molar-refractivity contribution is -0.0456. The molecule has 0 aromatic carbocycles. The van der Waals surface area contributed by atoms with Crippen LogP contribution in [0.4, 0.5) is 0 Å². The highest BCUT2D eigenvalue weighted by molar-refractivity contribution is 4.73. The summed E-state index contributed by atoms with van der Waals surface area (Å²) in [6.07, 6.45) is 1.63. The van der Waals surface area contributed by atoms with Gasteiger partial charge in [-0.1, -0.05) is 13.8 Å². The molecule has 0 heterocycles. The Kier molecular flexibility index (Phi) is 10.2. The van der Waals surface area contributed by atoms with Crippen LogP contribution in [0.1, 0.15) is 54.4 Å². The smallest absolute Gasteiger partial charge is 0.0706 e. The normalized spacial score (nSPS) is 12.0. The highest BCUT2D eigenvalue weighted by Gasteiger charge is 2.19. The van der Waals surface area contributed by atoms with E-state index < -0.39 is 0 Å². The van der Waals surface area contributed by atoms with Gasteiger partial charge in [0, 0.05) is 18.6 Å². The minimum Gasteiger partial charge on any atom is -0.375 e. The maximum atomic E-state index is 5.84. The van der Waals surface area contributed by atoms with Gasteiger partial charge < -0.3 is 15.3 Å². The second-order valence-corrected chi connectivity index (χ2v) is 4.97. The van der Waals surface area contributed by atoms with E-state index in [1.54, 1.807) is 0 Å². The summed E-state index contributed by atoms with van der Waals surface area (Å²) in [5, 5.41) is 0. The molecule has 0 amide bonds. The summed E-state index contributed by atoms with van der Waals surface area (Å²) in [5.74, 6) is 4.96. The number of nitrogens with two attached hydrogens (primary N) is 2. The van der Waals surface area contributed by atoms with Gasteiger partial charge in [0.05, 0.1) is 12.2 Å². The van der Waals surface area contributed by atoms with Gasteiger partial charge in [0.2, 0.25) is 0 Å². The molecule has 0 saturated carbocycles. The van der Waals surface area contributed by atoms with Crippen LogP contribution >= 0.6 is 0 Å². The first kappa shape index (κ1) is 18.2. The fraction of sp³-hybridized carbons (Fsp3) is 1.00. The fourth-order valence-corrected chi connectivity index (χ4v) is 0.967. The average Bonchev–Trinajstić information content (AvgIpc) is 2.16. The maximum absolute atomic E-state index is 5.84. The third-order valence-corrected chi connectivity index (χ3v) is 2.06. The molecular weight excluding hydrogens is 204 g/mol. The topological polar surface area (TPSA) is 70.5 Å². The summed E-state index contributed by atoms with van der Waals surface area (Å²) in [7, 11) is 0. The van der Waals surface area contributed by atoms with Crippen LogP contribution in [0.15, 0.2) is 0 Å². The Bertz CT molecular complexity index is 154. The van der Waals surface area contributed by atoms with Gasteiger partial charge in [-0.05, 0) is 34.1 Å². The molecule has 0 aromatic heterocycles. The molecule has 4 nitrogen and oxygen atoms in total. The first-order chi connectivity index (χ1) is 7.27. The molecule has 0 bridgehead atoms. The van der Waals surface area contributed by atoms with Crippen molar-refractivity contribution < 1.29 is 9.57 Å². The molecule has 0 fully saturated rings. The fourth-order valence-electron chi connectivity index (χ4n) is 0.967. The molecule has 0 spiro atoms. The minimum absolute atomic E-state index is 0.166.